The lowest BCUT2D eigenvalue weighted by Crippen LogP contribution is -2.30. The highest BCUT2D eigenvalue weighted by Crippen LogP contribution is 2.45. The molecule has 5 rings (SSSR count). The Morgan fingerprint density at radius 1 is 1.00 bits per heavy atom. The Morgan fingerprint density at radius 3 is 2.65 bits per heavy atom. The lowest BCUT2D eigenvalue weighted by molar-refractivity contribution is 0.412. The summed E-state index contributed by atoms with van der Waals surface area (Å²) in [5, 5.41) is 9.26. The molecule has 1 atom stereocenters. The van der Waals surface area contributed by atoms with Crippen LogP contribution in [0.3, 0.4) is 0 Å². The van der Waals surface area contributed by atoms with Crippen LogP contribution in [0, 0.1) is 6.92 Å². The molecule has 0 amide bonds. The van der Waals surface area contributed by atoms with Crippen molar-refractivity contribution in [2.75, 3.05) is 0 Å². The highest BCUT2D eigenvalue weighted by Gasteiger charge is 2.35. The second kappa shape index (κ2) is 5.19. The molecule has 7 nitrogen and oxygen atoms in total. The smallest absolute Gasteiger partial charge is 0.328 e. The summed E-state index contributed by atoms with van der Waals surface area (Å²) in [6.45, 7) is 1.88. The van der Waals surface area contributed by atoms with Crippen molar-refractivity contribution in [1.82, 2.24) is 20.2 Å². The number of nitrogens with zero attached hydrogens (tertiary/aromatic N) is 1. The van der Waals surface area contributed by atoms with Crippen LogP contribution < -0.4 is 16.0 Å². The van der Waals surface area contributed by atoms with Crippen LogP contribution in [0.2, 0.25) is 0 Å². The molecule has 1 aliphatic rings. The van der Waals surface area contributed by atoms with Gasteiger partial charge in [0.2, 0.25) is 11.8 Å². The van der Waals surface area contributed by atoms with E-state index in [4.69, 9.17) is 4.74 Å². The van der Waals surface area contributed by atoms with Gasteiger partial charge in [0, 0.05) is 11.3 Å². The van der Waals surface area contributed by atoms with E-state index in [1.54, 1.807) is 0 Å². The van der Waals surface area contributed by atoms with Gasteiger partial charge in [-0.2, -0.15) is 0 Å². The largest absolute Gasteiger partial charge is 0.420 e. The second-order valence-electron chi connectivity index (χ2n) is 6.36. The molecule has 26 heavy (non-hydrogen) atoms. The lowest BCUT2D eigenvalue weighted by atomic mass is 9.84. The molecule has 2 aromatic carbocycles. The Morgan fingerprint density at radius 2 is 1.81 bits per heavy atom. The van der Waals surface area contributed by atoms with E-state index in [0.717, 1.165) is 27.6 Å². The van der Waals surface area contributed by atoms with Crippen molar-refractivity contribution in [3.63, 3.8) is 0 Å². The molecule has 3 heterocycles. The van der Waals surface area contributed by atoms with Gasteiger partial charge in [0.15, 0.2) is 0 Å². The van der Waals surface area contributed by atoms with Crippen LogP contribution in [0.25, 0.3) is 10.8 Å². The van der Waals surface area contributed by atoms with Crippen LogP contribution in [0.1, 0.15) is 28.3 Å². The Labute approximate surface area is 146 Å². The van der Waals surface area contributed by atoms with Gasteiger partial charge in [-0.15, -0.1) is 5.10 Å². The Bertz CT molecular complexity index is 1280. The number of H-pyrrole nitrogens is 3. The number of ether oxygens (including phenoxy) is 1. The third-order valence-electron chi connectivity index (χ3n) is 4.79. The lowest BCUT2D eigenvalue weighted by Gasteiger charge is -2.24. The van der Waals surface area contributed by atoms with Gasteiger partial charge >= 0.3 is 5.69 Å². The first-order valence-corrected chi connectivity index (χ1v) is 8.20. The molecule has 0 radical (unpaired) electrons. The van der Waals surface area contributed by atoms with Gasteiger partial charge in [-0.05, 0) is 23.3 Å². The monoisotopic (exact) mass is 346 g/mol. The van der Waals surface area contributed by atoms with Gasteiger partial charge < -0.3 is 4.74 Å². The van der Waals surface area contributed by atoms with Crippen molar-refractivity contribution in [2.24, 2.45) is 0 Å². The summed E-state index contributed by atoms with van der Waals surface area (Å²) >= 11 is 0. The zero-order chi connectivity index (χ0) is 17.8. The quantitative estimate of drug-likeness (QED) is 0.434. The molecule has 0 saturated carbocycles. The third kappa shape index (κ3) is 2.03. The number of aryl methyl sites for hydroxylation is 1. The molecular formula is C19H14N4O3. The number of hydrogen-bond acceptors (Lipinski definition) is 4. The first-order chi connectivity index (χ1) is 12.6. The number of aromatic nitrogens is 4. The molecular weight excluding hydrogens is 332 g/mol. The zero-order valence-corrected chi connectivity index (χ0v) is 13.8. The van der Waals surface area contributed by atoms with E-state index in [0.29, 0.717) is 11.4 Å². The fourth-order valence-corrected chi connectivity index (χ4v) is 3.61. The minimum atomic E-state index is -0.610. The molecule has 128 valence electrons. The second-order valence-corrected chi connectivity index (χ2v) is 6.36. The number of rotatable bonds is 1. The Balaban J connectivity index is 1.84. The first-order valence-electron chi connectivity index (χ1n) is 8.20. The molecule has 0 saturated heterocycles. The summed E-state index contributed by atoms with van der Waals surface area (Å²) in [5.41, 5.74) is 1.84. The van der Waals surface area contributed by atoms with E-state index in [2.05, 4.69) is 26.2 Å². The van der Waals surface area contributed by atoms with Crippen LogP contribution >= 0.6 is 0 Å². The van der Waals surface area contributed by atoms with Gasteiger partial charge in [-0.1, -0.05) is 42.5 Å². The standard InChI is InChI=1S/C19H14N4O3/c1-9-13-14(12-7-6-10-4-2-3-5-11(10)8-12)15-16(24)20-19(25)21-17(15)26-18(13)23-22-9/h2-8,14H,1H3,(H,22,23)(H2,20,21,24,25). The molecule has 0 spiro atoms. The summed E-state index contributed by atoms with van der Waals surface area (Å²) in [6, 6.07) is 14.1. The molecule has 3 N–H and O–H groups in total. The molecule has 7 heteroatoms. The highest BCUT2D eigenvalue weighted by atomic mass is 16.5. The maximum Gasteiger partial charge on any atom is 0.328 e. The fraction of sp³-hybridized carbons (Fsp3) is 0.105. The van der Waals surface area contributed by atoms with Crippen LogP contribution in [0.4, 0.5) is 0 Å². The maximum atomic E-state index is 12.6. The predicted molar refractivity (Wildman–Crippen MR) is 96.0 cm³/mol. The molecule has 2 aromatic heterocycles. The van der Waals surface area contributed by atoms with Crippen molar-refractivity contribution in [3.05, 3.63) is 85.7 Å². The van der Waals surface area contributed by atoms with Gasteiger partial charge in [0.1, 0.15) is 0 Å². The van der Waals surface area contributed by atoms with E-state index < -0.39 is 17.2 Å². The minimum absolute atomic E-state index is 0.135. The Kier molecular flexibility index (Phi) is 2.94. The third-order valence-corrected chi connectivity index (χ3v) is 4.79. The van der Waals surface area contributed by atoms with E-state index in [-0.39, 0.29) is 5.88 Å². The van der Waals surface area contributed by atoms with Crippen LogP contribution in [-0.4, -0.2) is 20.2 Å². The molecule has 1 aliphatic heterocycles. The van der Waals surface area contributed by atoms with Crippen molar-refractivity contribution in [1.29, 1.82) is 0 Å². The van der Waals surface area contributed by atoms with Crippen LogP contribution in [0.15, 0.2) is 52.1 Å². The average molecular weight is 346 g/mol. The number of aromatic amines is 3. The SMILES string of the molecule is Cc1[nH]nc2c1C(c1ccc3ccccc3c1)c1c([nH]c(=O)[nH]c1=O)O2. The maximum absolute atomic E-state index is 12.6. The number of fused-ring (bicyclic) bond motifs is 3. The predicted octanol–water partition coefficient (Wildman–Crippen LogP) is 2.53. The van der Waals surface area contributed by atoms with Gasteiger partial charge in [-0.25, -0.2) is 4.79 Å². The average Bonchev–Trinajstić information content (AvgIpc) is 3.00. The van der Waals surface area contributed by atoms with Crippen molar-refractivity contribution < 1.29 is 4.74 Å². The number of benzene rings is 2. The molecule has 0 aliphatic carbocycles. The number of hydrogen-bond donors (Lipinski definition) is 3. The van der Waals surface area contributed by atoms with Crippen molar-refractivity contribution >= 4 is 10.8 Å². The molecule has 0 fully saturated rings. The van der Waals surface area contributed by atoms with Crippen LogP contribution in [-0.2, 0) is 0 Å². The van der Waals surface area contributed by atoms with E-state index >= 15 is 0 Å². The number of nitrogens with one attached hydrogen (secondary N) is 3. The summed E-state index contributed by atoms with van der Waals surface area (Å²) in [4.78, 5) is 29.1. The summed E-state index contributed by atoms with van der Waals surface area (Å²) in [7, 11) is 0. The molecule has 1 unspecified atom stereocenters. The normalized spacial score (nSPS) is 15.3. The Hall–Kier alpha value is -3.61. The fourth-order valence-electron chi connectivity index (χ4n) is 3.61. The zero-order valence-electron chi connectivity index (χ0n) is 13.8. The summed E-state index contributed by atoms with van der Waals surface area (Å²) in [6.07, 6.45) is 0. The van der Waals surface area contributed by atoms with Gasteiger partial charge in [0.05, 0.1) is 11.5 Å². The molecule has 0 bridgehead atoms. The molecule has 4 aromatic rings. The van der Waals surface area contributed by atoms with Crippen molar-refractivity contribution in [3.8, 4) is 11.8 Å². The van der Waals surface area contributed by atoms with Gasteiger partial charge in [-0.3, -0.25) is 19.9 Å². The topological polar surface area (TPSA) is 104 Å². The van der Waals surface area contributed by atoms with Crippen molar-refractivity contribution in [2.45, 2.75) is 12.8 Å². The first kappa shape index (κ1) is 14.7. The van der Waals surface area contributed by atoms with E-state index in [9.17, 15) is 9.59 Å². The van der Waals surface area contributed by atoms with Gasteiger partial charge in [0.25, 0.3) is 5.56 Å². The van der Waals surface area contributed by atoms with Crippen LogP contribution in [0.5, 0.6) is 11.8 Å². The van der Waals surface area contributed by atoms with E-state index in [1.165, 1.54) is 0 Å². The minimum Gasteiger partial charge on any atom is -0.420 e. The summed E-state index contributed by atoms with van der Waals surface area (Å²) < 4.78 is 5.68. The van der Waals surface area contributed by atoms with E-state index in [1.807, 2.05) is 43.3 Å². The highest BCUT2D eigenvalue weighted by molar-refractivity contribution is 5.83. The summed E-state index contributed by atoms with van der Waals surface area (Å²) in [5.74, 6) is 0.114.